The number of nitrogens with zero attached hydrogens (tertiary/aromatic N) is 3. The van der Waals surface area contributed by atoms with E-state index in [0.29, 0.717) is 16.2 Å². The molecule has 0 radical (unpaired) electrons. The molecule has 0 N–H and O–H groups in total. The van der Waals surface area contributed by atoms with Gasteiger partial charge in [-0.3, -0.25) is 0 Å². The van der Waals surface area contributed by atoms with Gasteiger partial charge in [-0.25, -0.2) is 4.98 Å². The summed E-state index contributed by atoms with van der Waals surface area (Å²) in [7, 11) is 0. The maximum Gasteiger partial charge on any atom is 0.287 e. The fourth-order valence-corrected chi connectivity index (χ4v) is 1.27. The molecular formula is C8H6BrN3. The molecular weight excluding hydrogens is 218 g/mol. The molecule has 1 fully saturated rings. The summed E-state index contributed by atoms with van der Waals surface area (Å²) in [6.07, 6.45) is 3.99. The van der Waals surface area contributed by atoms with Gasteiger partial charge >= 0.3 is 0 Å². The first-order valence-electron chi connectivity index (χ1n) is 3.71. The van der Waals surface area contributed by atoms with Gasteiger partial charge in [-0.15, -0.1) is 4.98 Å². The molecule has 1 aliphatic carbocycles. The van der Waals surface area contributed by atoms with E-state index in [1.54, 1.807) is 6.20 Å². The molecule has 1 aromatic heterocycles. The van der Waals surface area contributed by atoms with Crippen LogP contribution in [0.1, 0.15) is 24.6 Å². The molecule has 0 aromatic carbocycles. The van der Waals surface area contributed by atoms with Crippen molar-refractivity contribution >= 4 is 21.7 Å². The monoisotopic (exact) mass is 223 g/mol. The van der Waals surface area contributed by atoms with Gasteiger partial charge in [-0.1, -0.05) is 22.5 Å². The molecule has 60 valence electrons. The fraction of sp³-hybridized carbons (Fsp3) is 0.375. The summed E-state index contributed by atoms with van der Waals surface area (Å²) in [5.74, 6) is 1.76. The van der Waals surface area contributed by atoms with Crippen molar-refractivity contribution in [3.8, 4) is 0 Å². The van der Waals surface area contributed by atoms with Gasteiger partial charge < -0.3 is 4.85 Å². The minimum atomic E-state index is 0.423. The summed E-state index contributed by atoms with van der Waals surface area (Å²) in [6, 6.07) is 0. The lowest BCUT2D eigenvalue weighted by atomic mass is 10.4. The van der Waals surface area contributed by atoms with Crippen molar-refractivity contribution in [2.24, 2.45) is 0 Å². The molecule has 0 atom stereocenters. The molecule has 0 amide bonds. The molecule has 1 saturated carbocycles. The summed E-state index contributed by atoms with van der Waals surface area (Å²) < 4.78 is 0.682. The van der Waals surface area contributed by atoms with E-state index in [2.05, 4.69) is 30.7 Å². The molecule has 12 heavy (non-hydrogen) atoms. The Labute approximate surface area is 78.8 Å². The lowest BCUT2D eigenvalue weighted by Crippen LogP contribution is -1.90. The van der Waals surface area contributed by atoms with E-state index in [1.165, 1.54) is 12.8 Å². The summed E-state index contributed by atoms with van der Waals surface area (Å²) in [4.78, 5) is 11.6. The van der Waals surface area contributed by atoms with Crippen molar-refractivity contribution in [1.82, 2.24) is 9.97 Å². The highest BCUT2D eigenvalue weighted by atomic mass is 79.9. The lowest BCUT2D eigenvalue weighted by Gasteiger charge is -1.94. The quantitative estimate of drug-likeness (QED) is 0.686. The van der Waals surface area contributed by atoms with Crippen LogP contribution in [0.25, 0.3) is 4.85 Å². The largest absolute Gasteiger partial charge is 0.360 e. The van der Waals surface area contributed by atoms with Crippen LogP contribution in [-0.4, -0.2) is 9.97 Å². The normalized spacial score (nSPS) is 15.7. The zero-order valence-electron chi connectivity index (χ0n) is 6.29. The molecule has 1 heterocycles. The minimum Gasteiger partial charge on any atom is -0.360 e. The van der Waals surface area contributed by atoms with Crippen LogP contribution in [0.2, 0.25) is 0 Å². The van der Waals surface area contributed by atoms with Gasteiger partial charge in [0, 0.05) is 12.1 Å². The topological polar surface area (TPSA) is 30.1 Å². The van der Waals surface area contributed by atoms with E-state index in [-0.39, 0.29) is 0 Å². The Morgan fingerprint density at radius 1 is 1.58 bits per heavy atom. The highest BCUT2D eigenvalue weighted by Gasteiger charge is 2.29. The zero-order valence-corrected chi connectivity index (χ0v) is 7.87. The van der Waals surface area contributed by atoms with Gasteiger partial charge in [0.25, 0.3) is 5.82 Å². The van der Waals surface area contributed by atoms with Crippen LogP contribution < -0.4 is 0 Å². The Balaban J connectivity index is 2.42. The van der Waals surface area contributed by atoms with E-state index in [9.17, 15) is 0 Å². The minimum absolute atomic E-state index is 0.423. The lowest BCUT2D eigenvalue weighted by molar-refractivity contribution is 0.930. The molecule has 0 bridgehead atoms. The van der Waals surface area contributed by atoms with Crippen LogP contribution in [0.4, 0.5) is 5.82 Å². The zero-order chi connectivity index (χ0) is 8.55. The van der Waals surface area contributed by atoms with E-state index >= 15 is 0 Å². The third-order valence-electron chi connectivity index (χ3n) is 1.79. The average molecular weight is 224 g/mol. The molecule has 0 saturated heterocycles. The van der Waals surface area contributed by atoms with E-state index < -0.39 is 0 Å². The number of hydrogen-bond donors (Lipinski definition) is 0. The number of rotatable bonds is 1. The number of halogens is 1. The van der Waals surface area contributed by atoms with Gasteiger partial charge in [0.15, 0.2) is 0 Å². The van der Waals surface area contributed by atoms with Gasteiger partial charge in [0.2, 0.25) is 5.82 Å². The first-order valence-corrected chi connectivity index (χ1v) is 4.50. The second-order valence-electron chi connectivity index (χ2n) is 2.79. The first kappa shape index (κ1) is 7.69. The van der Waals surface area contributed by atoms with Gasteiger partial charge in [0.05, 0.1) is 4.47 Å². The predicted octanol–water partition coefficient (Wildman–Crippen LogP) is 2.67. The maximum absolute atomic E-state index is 6.85. The van der Waals surface area contributed by atoms with Crippen molar-refractivity contribution in [2.75, 3.05) is 0 Å². The Morgan fingerprint density at radius 2 is 2.33 bits per heavy atom. The fourth-order valence-electron chi connectivity index (χ4n) is 0.988. The summed E-state index contributed by atoms with van der Waals surface area (Å²) in [5, 5.41) is 0. The third kappa shape index (κ3) is 1.32. The average Bonchev–Trinajstić information content (AvgIpc) is 2.88. The van der Waals surface area contributed by atoms with Crippen molar-refractivity contribution in [1.29, 1.82) is 0 Å². The molecule has 1 aliphatic rings. The first-order chi connectivity index (χ1) is 5.81. The molecule has 0 spiro atoms. The van der Waals surface area contributed by atoms with Crippen LogP contribution in [0.15, 0.2) is 10.7 Å². The van der Waals surface area contributed by atoms with Gasteiger partial charge in [-0.2, -0.15) is 0 Å². The Kier molecular flexibility index (Phi) is 1.81. The Morgan fingerprint density at radius 3 is 2.92 bits per heavy atom. The van der Waals surface area contributed by atoms with Crippen molar-refractivity contribution in [3.05, 3.63) is 27.9 Å². The SMILES string of the molecule is [C-]#[N+]c1nc(C2CC2)ncc1Br. The highest BCUT2D eigenvalue weighted by Crippen LogP contribution is 2.39. The summed E-state index contributed by atoms with van der Waals surface area (Å²) >= 11 is 3.22. The molecule has 4 heteroatoms. The maximum atomic E-state index is 6.85. The Hall–Kier alpha value is -0.950. The number of hydrogen-bond acceptors (Lipinski definition) is 2. The second-order valence-corrected chi connectivity index (χ2v) is 3.64. The van der Waals surface area contributed by atoms with Gasteiger partial charge in [0.1, 0.15) is 0 Å². The molecule has 2 rings (SSSR count). The third-order valence-corrected chi connectivity index (χ3v) is 2.35. The molecule has 3 nitrogen and oxygen atoms in total. The van der Waals surface area contributed by atoms with Crippen LogP contribution >= 0.6 is 15.9 Å². The van der Waals surface area contributed by atoms with Crippen LogP contribution in [0.5, 0.6) is 0 Å². The summed E-state index contributed by atoms with van der Waals surface area (Å²) in [6.45, 7) is 6.85. The smallest absolute Gasteiger partial charge is 0.287 e. The predicted molar refractivity (Wildman–Crippen MR) is 48.0 cm³/mol. The molecule has 0 unspecified atom stereocenters. The van der Waals surface area contributed by atoms with Gasteiger partial charge in [-0.05, 0) is 12.8 Å². The van der Waals surface area contributed by atoms with Crippen LogP contribution in [0.3, 0.4) is 0 Å². The van der Waals surface area contributed by atoms with Crippen LogP contribution in [0, 0.1) is 6.57 Å². The molecule has 0 aliphatic heterocycles. The van der Waals surface area contributed by atoms with E-state index in [1.807, 2.05) is 0 Å². The second kappa shape index (κ2) is 2.83. The van der Waals surface area contributed by atoms with E-state index in [0.717, 1.165) is 5.82 Å². The highest BCUT2D eigenvalue weighted by molar-refractivity contribution is 9.10. The van der Waals surface area contributed by atoms with Crippen molar-refractivity contribution < 1.29 is 0 Å². The number of aromatic nitrogens is 2. The van der Waals surface area contributed by atoms with Crippen molar-refractivity contribution in [3.63, 3.8) is 0 Å². The van der Waals surface area contributed by atoms with Crippen LogP contribution in [-0.2, 0) is 0 Å². The Bertz CT molecular complexity index is 352. The van der Waals surface area contributed by atoms with Crippen molar-refractivity contribution in [2.45, 2.75) is 18.8 Å². The summed E-state index contributed by atoms with van der Waals surface area (Å²) in [5.41, 5.74) is 0. The standard InChI is InChI=1S/C8H6BrN3/c1-10-8-6(9)4-11-7(12-8)5-2-3-5/h4-5H,2-3H2. The molecule has 1 aromatic rings. The van der Waals surface area contributed by atoms with E-state index in [4.69, 9.17) is 6.57 Å².